The van der Waals surface area contributed by atoms with Crippen molar-refractivity contribution in [2.75, 3.05) is 18.0 Å². The lowest BCUT2D eigenvalue weighted by molar-refractivity contribution is -0.142. The number of anilines is 1. The second-order valence-electron chi connectivity index (χ2n) is 8.27. The lowest BCUT2D eigenvalue weighted by atomic mass is 9.77. The second-order valence-corrected chi connectivity index (χ2v) is 8.27. The number of aromatic nitrogens is 2. The van der Waals surface area contributed by atoms with Crippen LogP contribution in [0.3, 0.4) is 0 Å². The fraction of sp³-hybridized carbons (Fsp3) is 0.737. The Hall–Kier alpha value is -1.90. The molecule has 2 heterocycles. The maximum atomic E-state index is 13.6. The Balaban J connectivity index is 1.58. The minimum atomic E-state index is -4.49. The molecule has 0 spiro atoms. The number of fused-ring (bicyclic) bond motifs is 2. The number of nitrogens with one attached hydrogen (secondary N) is 1. The molecule has 2 aliphatic carbocycles. The van der Waals surface area contributed by atoms with Crippen LogP contribution in [0.5, 0.6) is 0 Å². The monoisotopic (exact) mass is 398 g/mol. The SMILES string of the molecule is CC(=O)N[C@@H]1C[C@@H]2CN(c3nc4c(c(C(F)(F)F)n3)CCCC4)C[C@@H]2C[C@H]1O. The first-order valence-corrected chi connectivity index (χ1v) is 9.89. The zero-order chi connectivity index (χ0) is 20.1. The molecular formula is C19H25F3N4O2. The minimum Gasteiger partial charge on any atom is -0.391 e. The van der Waals surface area contributed by atoms with Gasteiger partial charge in [-0.15, -0.1) is 0 Å². The van der Waals surface area contributed by atoms with Crippen LogP contribution in [0.1, 0.15) is 49.6 Å². The number of hydrogen-bond acceptors (Lipinski definition) is 5. The van der Waals surface area contributed by atoms with Crippen molar-refractivity contribution in [1.29, 1.82) is 0 Å². The number of aryl methyl sites for hydroxylation is 1. The molecule has 154 valence electrons. The summed E-state index contributed by atoms with van der Waals surface area (Å²) in [6.07, 6.45) is -1.50. The highest BCUT2D eigenvalue weighted by Crippen LogP contribution is 2.40. The standard InChI is InChI=1S/C19H25F3N4O2/c1-10(27)23-15-6-11-8-26(9-12(11)7-16(15)28)18-24-14-5-3-2-4-13(14)17(25-18)19(20,21)22/h11-12,15-16,28H,2-9H2,1H3,(H,23,27)/t11-,12+,15-,16-/m1/s1. The quantitative estimate of drug-likeness (QED) is 0.798. The Bertz CT molecular complexity index is 770. The average Bonchev–Trinajstić information content (AvgIpc) is 3.02. The summed E-state index contributed by atoms with van der Waals surface area (Å²) in [5.41, 5.74) is -0.0203. The van der Waals surface area contributed by atoms with Gasteiger partial charge in [-0.3, -0.25) is 4.79 Å². The van der Waals surface area contributed by atoms with Crippen LogP contribution in [0.15, 0.2) is 0 Å². The topological polar surface area (TPSA) is 78.4 Å². The van der Waals surface area contributed by atoms with E-state index in [1.807, 2.05) is 4.90 Å². The molecule has 0 bridgehead atoms. The molecule has 1 aromatic rings. The van der Waals surface area contributed by atoms with Crippen molar-refractivity contribution < 1.29 is 23.1 Å². The molecule has 6 nitrogen and oxygen atoms in total. The van der Waals surface area contributed by atoms with Crippen LogP contribution in [-0.4, -0.2) is 46.2 Å². The van der Waals surface area contributed by atoms with Crippen LogP contribution in [0.2, 0.25) is 0 Å². The zero-order valence-electron chi connectivity index (χ0n) is 15.8. The Labute approximate surface area is 161 Å². The molecule has 0 aromatic carbocycles. The summed E-state index contributed by atoms with van der Waals surface area (Å²) in [6.45, 7) is 2.49. The zero-order valence-corrected chi connectivity index (χ0v) is 15.8. The summed E-state index contributed by atoms with van der Waals surface area (Å²) < 4.78 is 40.7. The third-order valence-electron chi connectivity index (χ3n) is 6.25. The van der Waals surface area contributed by atoms with Crippen LogP contribution in [0.4, 0.5) is 19.1 Å². The summed E-state index contributed by atoms with van der Waals surface area (Å²) in [5, 5.41) is 13.1. The number of aliphatic hydroxyl groups is 1. The van der Waals surface area contributed by atoms with Crippen molar-refractivity contribution >= 4 is 11.9 Å². The largest absolute Gasteiger partial charge is 0.433 e. The van der Waals surface area contributed by atoms with Gasteiger partial charge in [0.1, 0.15) is 0 Å². The summed E-state index contributed by atoms with van der Waals surface area (Å²) >= 11 is 0. The van der Waals surface area contributed by atoms with Gasteiger partial charge in [-0.1, -0.05) is 0 Å². The van der Waals surface area contributed by atoms with Gasteiger partial charge in [0.15, 0.2) is 5.69 Å². The number of halogens is 3. The Kier molecular flexibility index (Phi) is 4.97. The molecule has 3 aliphatic rings. The van der Waals surface area contributed by atoms with Gasteiger partial charge in [-0.05, 0) is 50.4 Å². The van der Waals surface area contributed by atoms with Gasteiger partial charge in [0, 0.05) is 31.3 Å². The number of carbonyl (C=O) groups excluding carboxylic acids is 1. The van der Waals surface area contributed by atoms with Crippen molar-refractivity contribution in [2.45, 2.75) is 63.8 Å². The Morgan fingerprint density at radius 2 is 1.82 bits per heavy atom. The van der Waals surface area contributed by atoms with Gasteiger partial charge in [-0.25, -0.2) is 9.97 Å². The second kappa shape index (κ2) is 7.17. The first-order chi connectivity index (χ1) is 13.2. The highest BCUT2D eigenvalue weighted by atomic mass is 19.4. The number of aliphatic hydroxyl groups excluding tert-OH is 1. The molecule has 4 rings (SSSR count). The Morgan fingerprint density at radius 3 is 2.50 bits per heavy atom. The van der Waals surface area contributed by atoms with Crippen molar-refractivity contribution in [3.63, 3.8) is 0 Å². The maximum absolute atomic E-state index is 13.6. The Morgan fingerprint density at radius 1 is 1.14 bits per heavy atom. The predicted octanol–water partition coefficient (Wildman–Crippen LogP) is 2.09. The van der Waals surface area contributed by atoms with Gasteiger partial charge in [-0.2, -0.15) is 13.2 Å². The highest BCUT2D eigenvalue weighted by Gasteiger charge is 2.44. The minimum absolute atomic E-state index is 0.146. The lowest BCUT2D eigenvalue weighted by Gasteiger charge is -2.35. The van der Waals surface area contributed by atoms with Crippen LogP contribution in [0, 0.1) is 11.8 Å². The van der Waals surface area contributed by atoms with E-state index in [0.717, 1.165) is 12.8 Å². The smallest absolute Gasteiger partial charge is 0.391 e. The summed E-state index contributed by atoms with van der Waals surface area (Å²) in [7, 11) is 0. The number of alkyl halides is 3. The normalized spacial score (nSPS) is 30.0. The lowest BCUT2D eigenvalue weighted by Crippen LogP contribution is -2.48. The van der Waals surface area contributed by atoms with Gasteiger partial charge in [0.25, 0.3) is 0 Å². The molecular weight excluding hydrogens is 373 g/mol. The molecule has 0 radical (unpaired) electrons. The molecule has 28 heavy (non-hydrogen) atoms. The summed E-state index contributed by atoms with van der Waals surface area (Å²) in [6, 6.07) is -0.311. The van der Waals surface area contributed by atoms with E-state index in [1.54, 1.807) is 0 Å². The van der Waals surface area contributed by atoms with Crippen LogP contribution in [-0.2, 0) is 23.8 Å². The molecule has 1 amide bonds. The summed E-state index contributed by atoms with van der Waals surface area (Å²) in [4.78, 5) is 21.6. The van der Waals surface area contributed by atoms with E-state index in [2.05, 4.69) is 15.3 Å². The van der Waals surface area contributed by atoms with Gasteiger partial charge < -0.3 is 15.3 Å². The van der Waals surface area contributed by atoms with Crippen molar-refractivity contribution in [3.05, 3.63) is 17.0 Å². The van der Waals surface area contributed by atoms with Gasteiger partial charge >= 0.3 is 6.18 Å². The van der Waals surface area contributed by atoms with Crippen molar-refractivity contribution in [1.82, 2.24) is 15.3 Å². The number of nitrogens with zero attached hydrogens (tertiary/aromatic N) is 3. The van der Waals surface area contributed by atoms with E-state index in [-0.39, 0.29) is 35.3 Å². The number of hydrogen-bond donors (Lipinski definition) is 2. The van der Waals surface area contributed by atoms with Gasteiger partial charge in [0.2, 0.25) is 11.9 Å². The third-order valence-corrected chi connectivity index (χ3v) is 6.25. The van der Waals surface area contributed by atoms with Gasteiger partial charge in [0.05, 0.1) is 12.1 Å². The molecule has 2 fully saturated rings. The van der Waals surface area contributed by atoms with E-state index in [4.69, 9.17) is 0 Å². The van der Waals surface area contributed by atoms with E-state index < -0.39 is 18.0 Å². The first-order valence-electron chi connectivity index (χ1n) is 9.89. The third kappa shape index (κ3) is 3.68. The molecule has 0 unspecified atom stereocenters. The number of amides is 1. The molecule has 4 atom stereocenters. The van der Waals surface area contributed by atoms with Crippen LogP contribution in [0.25, 0.3) is 0 Å². The fourth-order valence-corrected chi connectivity index (χ4v) is 4.97. The molecule has 2 N–H and O–H groups in total. The maximum Gasteiger partial charge on any atom is 0.433 e. The fourth-order valence-electron chi connectivity index (χ4n) is 4.97. The predicted molar refractivity (Wildman–Crippen MR) is 95.7 cm³/mol. The van der Waals surface area contributed by atoms with Crippen LogP contribution >= 0.6 is 0 Å². The highest BCUT2D eigenvalue weighted by molar-refractivity contribution is 5.73. The first kappa shape index (κ1) is 19.4. The average molecular weight is 398 g/mol. The molecule has 1 saturated heterocycles. The van der Waals surface area contributed by atoms with Crippen LogP contribution < -0.4 is 10.2 Å². The summed E-state index contributed by atoms with van der Waals surface area (Å²) in [5.74, 6) is 0.307. The molecule has 1 saturated carbocycles. The molecule has 1 aliphatic heterocycles. The van der Waals surface area contributed by atoms with Crippen molar-refractivity contribution in [2.24, 2.45) is 11.8 Å². The van der Waals surface area contributed by atoms with Crippen molar-refractivity contribution in [3.8, 4) is 0 Å². The van der Waals surface area contributed by atoms with E-state index in [1.165, 1.54) is 6.92 Å². The number of rotatable bonds is 2. The molecule has 1 aromatic heterocycles. The number of carbonyl (C=O) groups is 1. The van der Waals surface area contributed by atoms with E-state index >= 15 is 0 Å². The van der Waals surface area contributed by atoms with E-state index in [9.17, 15) is 23.1 Å². The van der Waals surface area contributed by atoms with E-state index in [0.29, 0.717) is 44.5 Å². The molecule has 9 heteroatoms.